The SMILES string of the molecule is CC(C)[C@@H](N)c1ccc2c(ccn2C(=O)OC(C)(C)C)n1. The van der Waals surface area contributed by atoms with Crippen LogP contribution in [0.15, 0.2) is 24.4 Å². The number of hydrogen-bond acceptors (Lipinski definition) is 4. The van der Waals surface area contributed by atoms with Crippen molar-refractivity contribution < 1.29 is 9.53 Å². The lowest BCUT2D eigenvalue weighted by molar-refractivity contribution is 0.0544. The predicted molar refractivity (Wildman–Crippen MR) is 83.1 cm³/mol. The average Bonchev–Trinajstić information content (AvgIpc) is 2.78. The zero-order chi connectivity index (χ0) is 15.8. The van der Waals surface area contributed by atoms with Crippen LogP contribution in [-0.4, -0.2) is 21.2 Å². The Bertz CT molecular complexity index is 653. The first-order valence-corrected chi connectivity index (χ1v) is 7.16. The highest BCUT2D eigenvalue weighted by Crippen LogP contribution is 2.22. The molecule has 2 aromatic heterocycles. The van der Waals surface area contributed by atoms with Gasteiger partial charge in [0.2, 0.25) is 0 Å². The first kappa shape index (κ1) is 15.5. The van der Waals surface area contributed by atoms with Gasteiger partial charge in [-0.2, -0.15) is 0 Å². The topological polar surface area (TPSA) is 70.1 Å². The summed E-state index contributed by atoms with van der Waals surface area (Å²) in [6.07, 6.45) is 1.27. The normalized spacial score (nSPS) is 13.7. The molecule has 0 radical (unpaired) electrons. The monoisotopic (exact) mass is 289 g/mol. The molecule has 2 rings (SSSR count). The van der Waals surface area contributed by atoms with E-state index in [1.807, 2.05) is 32.9 Å². The largest absolute Gasteiger partial charge is 0.443 e. The van der Waals surface area contributed by atoms with Crippen molar-refractivity contribution in [3.05, 3.63) is 30.1 Å². The van der Waals surface area contributed by atoms with Gasteiger partial charge in [-0.15, -0.1) is 0 Å². The van der Waals surface area contributed by atoms with E-state index < -0.39 is 11.7 Å². The number of carbonyl (C=O) groups is 1. The third-order valence-electron chi connectivity index (χ3n) is 3.21. The number of hydrogen-bond donors (Lipinski definition) is 1. The van der Waals surface area contributed by atoms with Gasteiger partial charge in [0.1, 0.15) is 5.60 Å². The number of rotatable bonds is 2. The van der Waals surface area contributed by atoms with Crippen LogP contribution in [0.5, 0.6) is 0 Å². The van der Waals surface area contributed by atoms with Crippen LogP contribution in [0.4, 0.5) is 4.79 Å². The number of carbonyl (C=O) groups excluding carboxylic acids is 1. The molecule has 0 saturated carbocycles. The van der Waals surface area contributed by atoms with Crippen LogP contribution in [0.1, 0.15) is 46.4 Å². The summed E-state index contributed by atoms with van der Waals surface area (Å²) in [5.41, 5.74) is 7.89. The van der Waals surface area contributed by atoms with Crippen LogP contribution in [0, 0.1) is 5.92 Å². The lowest BCUT2D eigenvalue weighted by Gasteiger charge is -2.20. The van der Waals surface area contributed by atoms with Gasteiger partial charge in [0.25, 0.3) is 0 Å². The molecule has 2 aromatic rings. The van der Waals surface area contributed by atoms with Crippen molar-refractivity contribution in [2.75, 3.05) is 0 Å². The fraction of sp³-hybridized carbons (Fsp3) is 0.500. The molecule has 21 heavy (non-hydrogen) atoms. The zero-order valence-electron chi connectivity index (χ0n) is 13.3. The number of nitrogens with zero attached hydrogens (tertiary/aromatic N) is 2. The third-order valence-corrected chi connectivity index (χ3v) is 3.21. The molecule has 0 unspecified atom stereocenters. The van der Waals surface area contributed by atoms with Crippen molar-refractivity contribution in [1.82, 2.24) is 9.55 Å². The zero-order valence-corrected chi connectivity index (χ0v) is 13.3. The molecule has 0 aromatic carbocycles. The van der Waals surface area contributed by atoms with Crippen LogP contribution in [0.25, 0.3) is 11.0 Å². The molecule has 0 spiro atoms. The molecule has 0 amide bonds. The van der Waals surface area contributed by atoms with E-state index in [-0.39, 0.29) is 6.04 Å². The van der Waals surface area contributed by atoms with Crippen LogP contribution in [0.2, 0.25) is 0 Å². The first-order chi connectivity index (χ1) is 9.69. The third kappa shape index (κ3) is 3.42. The molecule has 0 bridgehead atoms. The smallest absolute Gasteiger partial charge is 0.419 e. The Morgan fingerprint density at radius 3 is 2.52 bits per heavy atom. The van der Waals surface area contributed by atoms with Crippen LogP contribution in [0.3, 0.4) is 0 Å². The Morgan fingerprint density at radius 2 is 1.95 bits per heavy atom. The van der Waals surface area contributed by atoms with Crippen molar-refractivity contribution >= 4 is 17.1 Å². The van der Waals surface area contributed by atoms with E-state index in [9.17, 15) is 4.79 Å². The highest BCUT2D eigenvalue weighted by Gasteiger charge is 2.20. The van der Waals surface area contributed by atoms with E-state index in [4.69, 9.17) is 10.5 Å². The summed E-state index contributed by atoms with van der Waals surface area (Å²) in [6, 6.07) is 5.42. The fourth-order valence-corrected chi connectivity index (χ4v) is 2.03. The Labute approximate surface area is 125 Å². The molecule has 114 valence electrons. The maximum Gasteiger partial charge on any atom is 0.419 e. The number of pyridine rings is 1. The van der Waals surface area contributed by atoms with Gasteiger partial charge in [-0.1, -0.05) is 13.8 Å². The average molecular weight is 289 g/mol. The first-order valence-electron chi connectivity index (χ1n) is 7.16. The van der Waals surface area contributed by atoms with Crippen molar-refractivity contribution in [3.8, 4) is 0 Å². The number of ether oxygens (including phenoxy) is 1. The summed E-state index contributed by atoms with van der Waals surface area (Å²) >= 11 is 0. The van der Waals surface area contributed by atoms with Crippen molar-refractivity contribution in [1.29, 1.82) is 0 Å². The van der Waals surface area contributed by atoms with Gasteiger partial charge in [0, 0.05) is 12.2 Å². The Morgan fingerprint density at radius 1 is 1.29 bits per heavy atom. The minimum absolute atomic E-state index is 0.112. The van der Waals surface area contributed by atoms with E-state index in [0.717, 1.165) is 16.7 Å². The quantitative estimate of drug-likeness (QED) is 0.919. The van der Waals surface area contributed by atoms with Crippen molar-refractivity contribution in [2.24, 2.45) is 11.7 Å². The maximum absolute atomic E-state index is 12.2. The Hall–Kier alpha value is -1.88. The molecule has 0 saturated heterocycles. The molecule has 1 atom stereocenters. The fourth-order valence-electron chi connectivity index (χ4n) is 2.03. The van der Waals surface area contributed by atoms with Gasteiger partial charge in [-0.25, -0.2) is 9.78 Å². The van der Waals surface area contributed by atoms with Gasteiger partial charge >= 0.3 is 6.09 Å². The van der Waals surface area contributed by atoms with E-state index in [2.05, 4.69) is 18.8 Å². The number of fused-ring (bicyclic) bond motifs is 1. The Balaban J connectivity index is 2.35. The minimum atomic E-state index is -0.527. The van der Waals surface area contributed by atoms with E-state index in [1.165, 1.54) is 4.57 Å². The molecular weight excluding hydrogens is 266 g/mol. The summed E-state index contributed by atoms with van der Waals surface area (Å²) in [6.45, 7) is 9.64. The lowest BCUT2D eigenvalue weighted by Crippen LogP contribution is -2.26. The molecule has 0 aliphatic heterocycles. The molecule has 5 nitrogen and oxygen atoms in total. The van der Waals surface area contributed by atoms with Crippen molar-refractivity contribution in [2.45, 2.75) is 46.3 Å². The lowest BCUT2D eigenvalue weighted by atomic mass is 10.0. The van der Waals surface area contributed by atoms with Crippen LogP contribution >= 0.6 is 0 Å². The molecule has 2 N–H and O–H groups in total. The summed E-state index contributed by atoms with van der Waals surface area (Å²) in [5, 5.41) is 0. The number of aromatic nitrogens is 2. The van der Waals surface area contributed by atoms with Crippen LogP contribution < -0.4 is 5.73 Å². The van der Waals surface area contributed by atoms with Gasteiger partial charge in [0.15, 0.2) is 0 Å². The molecule has 0 fully saturated rings. The highest BCUT2D eigenvalue weighted by atomic mass is 16.6. The van der Waals surface area contributed by atoms with Gasteiger partial charge < -0.3 is 10.5 Å². The number of nitrogens with two attached hydrogens (primary N) is 1. The standard InChI is InChI=1S/C16H23N3O2/c1-10(2)14(17)12-6-7-13-11(18-12)8-9-19(13)15(20)21-16(3,4)5/h6-10,14H,17H2,1-5H3/t14-/m1/s1. The van der Waals surface area contributed by atoms with E-state index in [1.54, 1.807) is 12.3 Å². The van der Waals surface area contributed by atoms with E-state index >= 15 is 0 Å². The highest BCUT2D eigenvalue weighted by molar-refractivity contribution is 5.87. The molecule has 0 aliphatic carbocycles. The summed E-state index contributed by atoms with van der Waals surface area (Å²) in [7, 11) is 0. The second kappa shape index (κ2) is 5.48. The summed E-state index contributed by atoms with van der Waals surface area (Å²) in [5.74, 6) is 0.308. The van der Waals surface area contributed by atoms with Crippen LogP contribution in [-0.2, 0) is 4.74 Å². The maximum atomic E-state index is 12.2. The van der Waals surface area contributed by atoms with Gasteiger partial charge in [-0.05, 0) is 44.9 Å². The molecular formula is C16H23N3O2. The molecule has 2 heterocycles. The Kier molecular flexibility index (Phi) is 4.05. The van der Waals surface area contributed by atoms with Gasteiger partial charge in [0.05, 0.1) is 16.7 Å². The second-order valence-corrected chi connectivity index (χ2v) is 6.58. The van der Waals surface area contributed by atoms with E-state index in [0.29, 0.717) is 5.92 Å². The summed E-state index contributed by atoms with van der Waals surface area (Å²) < 4.78 is 6.85. The van der Waals surface area contributed by atoms with Crippen molar-refractivity contribution in [3.63, 3.8) is 0 Å². The predicted octanol–water partition coefficient (Wildman–Crippen LogP) is 3.48. The van der Waals surface area contributed by atoms with Gasteiger partial charge in [-0.3, -0.25) is 4.57 Å². The minimum Gasteiger partial charge on any atom is -0.443 e. The second-order valence-electron chi connectivity index (χ2n) is 6.58. The molecule has 5 heteroatoms. The summed E-state index contributed by atoms with van der Waals surface area (Å²) in [4.78, 5) is 16.7. The molecule has 0 aliphatic rings.